The number of hydrogen-bond acceptors (Lipinski definition) is 1. The molecule has 0 radical (unpaired) electrons. The zero-order valence-corrected chi connectivity index (χ0v) is 31.1. The molecule has 11 aromatic rings. The summed E-state index contributed by atoms with van der Waals surface area (Å²) < 4.78 is 162. The van der Waals surface area contributed by atoms with Gasteiger partial charge in [0.2, 0.25) is 0 Å². The summed E-state index contributed by atoms with van der Waals surface area (Å²) in [5.41, 5.74) is 3.29. The molecule has 0 aliphatic carbocycles. The topological polar surface area (TPSA) is 3.24 Å². The lowest BCUT2D eigenvalue weighted by Crippen LogP contribution is -2.10. The van der Waals surface area contributed by atoms with Crippen LogP contribution in [0.5, 0.6) is 0 Å². The van der Waals surface area contributed by atoms with Gasteiger partial charge in [-0.2, -0.15) is 0 Å². The molecule has 0 atom stereocenters. The van der Waals surface area contributed by atoms with Gasteiger partial charge in [0.1, 0.15) is 0 Å². The summed E-state index contributed by atoms with van der Waals surface area (Å²) in [5.74, 6) is 0. The quantitative estimate of drug-likeness (QED) is 0.146. The average molecular weight is 768 g/mol. The molecule has 0 amide bonds. The Balaban J connectivity index is 1.19. The molecule has 0 aromatic heterocycles. The van der Waals surface area contributed by atoms with Gasteiger partial charge in [-0.05, 0) is 119 Å². The SMILES string of the molecule is [2H]c1c([2H])c(N(c2ccc(-c3ccc4c(c3)c(-c3ccccc3)c(-c3ccccc3)c3ccccc34)cc2)c2c([2H])c([2H])c([2H])c3c([2H])c([2H])c([2H])c([2H])c23)c([2H])c([2H])c1-c1c([2H])c([2H])c([2H])c2c([2H])c([2H])c([2H])c([2H])c12. The highest BCUT2D eigenvalue weighted by Crippen LogP contribution is 2.46. The highest BCUT2D eigenvalue weighted by Gasteiger charge is 2.19. The van der Waals surface area contributed by atoms with Crippen LogP contribution in [0.15, 0.2) is 236 Å². The van der Waals surface area contributed by atoms with Crippen molar-refractivity contribution in [1.29, 1.82) is 0 Å². The van der Waals surface area contributed by atoms with Crippen LogP contribution < -0.4 is 4.90 Å². The minimum absolute atomic E-state index is 0.0394. The number of hydrogen-bond donors (Lipinski definition) is 0. The van der Waals surface area contributed by atoms with Crippen molar-refractivity contribution in [2.75, 3.05) is 4.90 Å². The van der Waals surface area contributed by atoms with Crippen molar-refractivity contribution in [1.82, 2.24) is 0 Å². The molecule has 0 heterocycles. The Morgan fingerprint density at radius 3 is 1.56 bits per heavy atom. The van der Waals surface area contributed by atoms with Gasteiger partial charge in [-0.25, -0.2) is 0 Å². The van der Waals surface area contributed by atoms with Gasteiger partial charge in [-0.15, -0.1) is 0 Å². The van der Waals surface area contributed by atoms with Gasteiger partial charge in [-0.3, -0.25) is 0 Å². The maximum absolute atomic E-state index is 9.70. The summed E-state index contributed by atoms with van der Waals surface area (Å²) in [4.78, 5) is 1.08. The summed E-state index contributed by atoms with van der Waals surface area (Å²) in [6, 6.07) is 27.4. The molecule has 0 saturated heterocycles. The molecule has 11 aromatic carbocycles. The van der Waals surface area contributed by atoms with E-state index in [1.165, 1.54) is 0 Å². The van der Waals surface area contributed by atoms with Gasteiger partial charge >= 0.3 is 0 Å². The predicted molar refractivity (Wildman–Crippen MR) is 253 cm³/mol. The van der Waals surface area contributed by atoms with Gasteiger partial charge in [0.15, 0.2) is 0 Å². The number of benzene rings is 11. The zero-order valence-electron chi connectivity index (χ0n) is 49.1. The van der Waals surface area contributed by atoms with E-state index in [9.17, 15) is 8.22 Å². The molecular weight excluding hydrogens is 711 g/mol. The second-order valence-electron chi connectivity index (χ2n) is 13.9. The fraction of sp³-hybridized carbons (Fsp3) is 0. The number of fused-ring (bicyclic) bond motifs is 5. The van der Waals surface area contributed by atoms with E-state index >= 15 is 0 Å². The first-order valence-electron chi connectivity index (χ1n) is 27.9. The lowest BCUT2D eigenvalue weighted by molar-refractivity contribution is 1.30. The minimum Gasteiger partial charge on any atom is -0.310 e. The van der Waals surface area contributed by atoms with E-state index in [1.807, 2.05) is 54.6 Å². The van der Waals surface area contributed by atoms with Crippen molar-refractivity contribution in [3.63, 3.8) is 0 Å². The number of anilines is 3. The van der Waals surface area contributed by atoms with E-state index in [0.29, 0.717) is 5.56 Å². The highest BCUT2D eigenvalue weighted by molar-refractivity contribution is 6.22. The number of rotatable bonds is 7. The van der Waals surface area contributed by atoms with Gasteiger partial charge in [-0.1, -0.05) is 200 Å². The molecule has 0 aliphatic rings. The van der Waals surface area contributed by atoms with E-state index in [4.69, 9.17) is 16.4 Å². The van der Waals surface area contributed by atoms with E-state index < -0.39 is 153 Å². The summed E-state index contributed by atoms with van der Waals surface area (Å²) in [5, 5.41) is 2.26. The molecule has 0 spiro atoms. The van der Waals surface area contributed by atoms with Crippen LogP contribution in [0.2, 0.25) is 0 Å². The minimum atomic E-state index is -0.865. The van der Waals surface area contributed by atoms with Crippen LogP contribution in [0.25, 0.3) is 87.6 Å². The van der Waals surface area contributed by atoms with Crippen LogP contribution in [0.3, 0.4) is 0 Å². The van der Waals surface area contributed by atoms with E-state index in [2.05, 4.69) is 48.5 Å². The van der Waals surface area contributed by atoms with E-state index in [-0.39, 0.29) is 5.69 Å². The van der Waals surface area contributed by atoms with Crippen LogP contribution in [-0.4, -0.2) is 0 Å². The molecule has 0 N–H and O–H groups in total. The first-order chi connectivity index (χ1) is 36.8. The molecule has 0 aliphatic heterocycles. The van der Waals surface area contributed by atoms with Gasteiger partial charge in [0, 0.05) is 16.8 Å². The third-order valence-corrected chi connectivity index (χ3v) is 10.5. The van der Waals surface area contributed by atoms with Gasteiger partial charge < -0.3 is 4.90 Å². The largest absolute Gasteiger partial charge is 0.310 e. The molecule has 0 unspecified atom stereocenters. The Morgan fingerprint density at radius 1 is 0.305 bits per heavy atom. The smallest absolute Gasteiger partial charge is 0.0645 e. The van der Waals surface area contributed by atoms with Crippen LogP contribution in [0.4, 0.5) is 17.1 Å². The second kappa shape index (κ2) is 14.6. The maximum Gasteiger partial charge on any atom is 0.0645 e. The molecule has 276 valence electrons. The zero-order chi connectivity index (χ0) is 54.8. The van der Waals surface area contributed by atoms with Crippen molar-refractivity contribution in [2.24, 2.45) is 0 Å². The molecule has 1 nitrogen and oxygen atoms in total. The Bertz CT molecular complexity index is 4310. The third-order valence-electron chi connectivity index (χ3n) is 10.5. The normalized spacial score (nSPS) is 15.7. The Morgan fingerprint density at radius 2 is 0.847 bits per heavy atom. The molecule has 0 saturated carbocycles. The van der Waals surface area contributed by atoms with Gasteiger partial charge in [0.05, 0.1) is 30.4 Å². The van der Waals surface area contributed by atoms with E-state index in [1.54, 1.807) is 24.3 Å². The average Bonchev–Trinajstić information content (AvgIpc) is 3.61. The summed E-state index contributed by atoms with van der Waals surface area (Å²) in [6.07, 6.45) is 0. The lowest BCUT2D eigenvalue weighted by atomic mass is 9.84. The van der Waals surface area contributed by atoms with Crippen molar-refractivity contribution in [3.05, 3.63) is 236 Å². The van der Waals surface area contributed by atoms with Crippen molar-refractivity contribution >= 4 is 60.2 Å². The van der Waals surface area contributed by atoms with Crippen molar-refractivity contribution in [3.8, 4) is 44.5 Å². The fourth-order valence-electron chi connectivity index (χ4n) is 7.86. The molecule has 59 heavy (non-hydrogen) atoms. The summed E-state index contributed by atoms with van der Waals surface area (Å²) >= 11 is 0. The standard InChI is InChI=1S/C58H39N/c1-3-17-44(18-4-1)57-54-26-12-11-25-52(54)53-38-33-46(39-55(53)58(57)45-19-5-2-6-20-45)40-29-34-47(35-30-40)59(56-28-14-22-42-16-8-10-24-51(42)56)48-36-31-43(32-37-48)50-27-13-21-41-15-7-9-23-49(41)50/h1-39H/i7D,8D,9D,10D,13D,14D,15D,16D,21D,22D,23D,24D,27D,28D,31D,32D,36D,37D. The Kier molecular flexibility index (Phi) is 5.12. The van der Waals surface area contributed by atoms with Crippen LogP contribution >= 0.6 is 0 Å². The second-order valence-corrected chi connectivity index (χ2v) is 13.9. The number of nitrogens with zero attached hydrogens (tertiary/aromatic N) is 1. The lowest BCUT2D eigenvalue weighted by Gasteiger charge is -2.27. The Hall–Kier alpha value is -7.74. The monoisotopic (exact) mass is 767 g/mol. The maximum atomic E-state index is 9.70. The first kappa shape index (κ1) is 20.6. The Labute approximate surface area is 370 Å². The molecule has 11 rings (SSSR count). The summed E-state index contributed by atoms with van der Waals surface area (Å²) in [7, 11) is 0. The van der Waals surface area contributed by atoms with Crippen molar-refractivity contribution in [2.45, 2.75) is 0 Å². The van der Waals surface area contributed by atoms with E-state index in [0.717, 1.165) is 54.3 Å². The predicted octanol–water partition coefficient (Wildman–Crippen LogP) is 16.4. The molecule has 0 bridgehead atoms. The molecular formula is C58H39N. The van der Waals surface area contributed by atoms with Crippen LogP contribution in [0.1, 0.15) is 24.7 Å². The fourth-order valence-corrected chi connectivity index (χ4v) is 7.86. The first-order valence-corrected chi connectivity index (χ1v) is 18.9. The van der Waals surface area contributed by atoms with Gasteiger partial charge in [0.25, 0.3) is 0 Å². The summed E-state index contributed by atoms with van der Waals surface area (Å²) in [6.45, 7) is 0. The van der Waals surface area contributed by atoms with Crippen LogP contribution in [0, 0.1) is 0 Å². The molecule has 1 heteroatoms. The highest BCUT2D eigenvalue weighted by atomic mass is 15.1. The van der Waals surface area contributed by atoms with Crippen LogP contribution in [-0.2, 0) is 0 Å². The molecule has 0 fully saturated rings. The third kappa shape index (κ3) is 6.12. The van der Waals surface area contributed by atoms with Crippen molar-refractivity contribution < 1.29 is 24.7 Å².